The minimum Gasteiger partial charge on any atom is -0.459 e. The van der Waals surface area contributed by atoms with E-state index < -0.39 is 0 Å². The van der Waals surface area contributed by atoms with Gasteiger partial charge in [0, 0.05) is 6.54 Å². The van der Waals surface area contributed by atoms with Crippen LogP contribution < -0.4 is 5.32 Å². The second kappa shape index (κ2) is 4.98. The molecule has 0 aliphatic heterocycles. The van der Waals surface area contributed by atoms with Gasteiger partial charge >= 0.3 is 0 Å². The maximum absolute atomic E-state index is 11.7. The summed E-state index contributed by atoms with van der Waals surface area (Å²) in [6.45, 7) is 0.490. The van der Waals surface area contributed by atoms with Crippen LogP contribution in [0.15, 0.2) is 65.3 Å². The van der Waals surface area contributed by atoms with Crippen molar-refractivity contribution in [3.63, 3.8) is 0 Å². The first-order valence-corrected chi connectivity index (χ1v) is 6.12. The maximum atomic E-state index is 11.7. The van der Waals surface area contributed by atoms with Crippen LogP contribution in [0.4, 0.5) is 0 Å². The normalized spacial score (nSPS) is 10.5. The number of hydrogen-bond acceptors (Lipinski definition) is 2. The molecule has 0 saturated carbocycles. The molecule has 0 unspecified atom stereocenters. The monoisotopic (exact) mass is 251 g/mol. The summed E-state index contributed by atoms with van der Waals surface area (Å²) in [6, 6.07) is 17.7. The molecule has 0 bridgehead atoms. The van der Waals surface area contributed by atoms with Crippen LogP contribution in [0.1, 0.15) is 16.1 Å². The number of benzene rings is 2. The highest BCUT2D eigenvalue weighted by Crippen LogP contribution is 2.15. The van der Waals surface area contributed by atoms with Gasteiger partial charge in [-0.2, -0.15) is 0 Å². The van der Waals surface area contributed by atoms with E-state index >= 15 is 0 Å². The van der Waals surface area contributed by atoms with Gasteiger partial charge in [-0.1, -0.05) is 36.4 Å². The molecule has 3 nitrogen and oxygen atoms in total. The summed E-state index contributed by atoms with van der Waals surface area (Å²) in [6.07, 6.45) is 1.49. The number of carbonyl (C=O) groups is 1. The standard InChI is InChI=1S/C16H13NO2/c18-16(15-6-3-9-19-15)17-11-12-7-8-13-4-1-2-5-14(13)10-12/h1-10H,11H2,(H,17,18). The number of rotatable bonds is 3. The lowest BCUT2D eigenvalue weighted by Gasteiger charge is -2.05. The molecule has 94 valence electrons. The zero-order valence-corrected chi connectivity index (χ0v) is 10.3. The largest absolute Gasteiger partial charge is 0.459 e. The third-order valence-electron chi connectivity index (χ3n) is 3.01. The maximum Gasteiger partial charge on any atom is 0.287 e. The van der Waals surface area contributed by atoms with Crippen molar-refractivity contribution in [3.05, 3.63) is 72.2 Å². The zero-order chi connectivity index (χ0) is 13.1. The van der Waals surface area contributed by atoms with Gasteiger partial charge in [0.25, 0.3) is 5.91 Å². The van der Waals surface area contributed by atoms with E-state index in [2.05, 4.69) is 29.6 Å². The second-order valence-electron chi connectivity index (χ2n) is 4.34. The Morgan fingerprint density at radius 3 is 2.63 bits per heavy atom. The number of furan rings is 1. The molecule has 0 radical (unpaired) electrons. The van der Waals surface area contributed by atoms with E-state index in [1.54, 1.807) is 12.1 Å². The van der Waals surface area contributed by atoms with Gasteiger partial charge in [-0.15, -0.1) is 0 Å². The van der Waals surface area contributed by atoms with Crippen molar-refractivity contribution in [3.8, 4) is 0 Å². The molecule has 3 rings (SSSR count). The molecular formula is C16H13NO2. The summed E-state index contributed by atoms with van der Waals surface area (Å²) in [7, 11) is 0. The Morgan fingerprint density at radius 1 is 1.00 bits per heavy atom. The van der Waals surface area contributed by atoms with Gasteiger partial charge < -0.3 is 9.73 Å². The molecule has 1 N–H and O–H groups in total. The minimum absolute atomic E-state index is 0.196. The molecule has 1 heterocycles. The molecule has 0 aliphatic rings. The van der Waals surface area contributed by atoms with Crippen molar-refractivity contribution in [2.75, 3.05) is 0 Å². The fourth-order valence-electron chi connectivity index (χ4n) is 2.03. The van der Waals surface area contributed by atoms with E-state index in [4.69, 9.17) is 4.42 Å². The van der Waals surface area contributed by atoms with Gasteiger partial charge in [0.05, 0.1) is 6.26 Å². The Hall–Kier alpha value is -2.55. The summed E-state index contributed by atoms with van der Waals surface area (Å²) in [5, 5.41) is 5.20. The quantitative estimate of drug-likeness (QED) is 0.775. The van der Waals surface area contributed by atoms with Crippen LogP contribution in [0, 0.1) is 0 Å². The van der Waals surface area contributed by atoms with E-state index in [0.717, 1.165) is 5.56 Å². The second-order valence-corrected chi connectivity index (χ2v) is 4.34. The number of nitrogens with one attached hydrogen (secondary N) is 1. The molecule has 0 saturated heterocycles. The minimum atomic E-state index is -0.196. The molecule has 1 amide bonds. The predicted octanol–water partition coefficient (Wildman–Crippen LogP) is 3.36. The number of amides is 1. The van der Waals surface area contributed by atoms with Crippen LogP contribution in [-0.4, -0.2) is 5.91 Å². The van der Waals surface area contributed by atoms with Crippen molar-refractivity contribution in [2.45, 2.75) is 6.54 Å². The first kappa shape index (κ1) is 11.5. The van der Waals surface area contributed by atoms with Gasteiger partial charge in [0.15, 0.2) is 5.76 Å². The predicted molar refractivity (Wildman–Crippen MR) is 73.8 cm³/mol. The van der Waals surface area contributed by atoms with Crippen molar-refractivity contribution >= 4 is 16.7 Å². The molecule has 0 atom stereocenters. The molecule has 3 heteroatoms. The van der Waals surface area contributed by atoms with Gasteiger partial charge in [-0.3, -0.25) is 4.79 Å². The molecule has 0 spiro atoms. The lowest BCUT2D eigenvalue weighted by atomic mass is 10.1. The average molecular weight is 251 g/mol. The van der Waals surface area contributed by atoms with Crippen molar-refractivity contribution < 1.29 is 9.21 Å². The number of hydrogen-bond donors (Lipinski definition) is 1. The Balaban J connectivity index is 1.73. The molecule has 19 heavy (non-hydrogen) atoms. The fourth-order valence-corrected chi connectivity index (χ4v) is 2.03. The van der Waals surface area contributed by atoms with E-state index in [1.165, 1.54) is 17.0 Å². The van der Waals surface area contributed by atoms with Crippen molar-refractivity contribution in [1.29, 1.82) is 0 Å². The molecule has 1 aromatic heterocycles. The average Bonchev–Trinajstić information content (AvgIpc) is 2.99. The highest BCUT2D eigenvalue weighted by atomic mass is 16.3. The van der Waals surface area contributed by atoms with Crippen LogP contribution in [0.2, 0.25) is 0 Å². The topological polar surface area (TPSA) is 42.2 Å². The number of fused-ring (bicyclic) bond motifs is 1. The zero-order valence-electron chi connectivity index (χ0n) is 10.3. The first-order chi connectivity index (χ1) is 9.33. The summed E-state index contributed by atoms with van der Waals surface area (Å²) < 4.78 is 5.04. The summed E-state index contributed by atoms with van der Waals surface area (Å²) in [5.74, 6) is 0.138. The van der Waals surface area contributed by atoms with E-state index in [0.29, 0.717) is 12.3 Å². The Morgan fingerprint density at radius 2 is 1.84 bits per heavy atom. The lowest BCUT2D eigenvalue weighted by Crippen LogP contribution is -2.22. The third-order valence-corrected chi connectivity index (χ3v) is 3.01. The van der Waals surface area contributed by atoms with Crippen LogP contribution in [0.25, 0.3) is 10.8 Å². The highest BCUT2D eigenvalue weighted by Gasteiger charge is 2.07. The Labute approximate surface area is 110 Å². The van der Waals surface area contributed by atoms with Crippen molar-refractivity contribution in [1.82, 2.24) is 5.32 Å². The van der Waals surface area contributed by atoms with Crippen LogP contribution in [-0.2, 0) is 6.54 Å². The van der Waals surface area contributed by atoms with E-state index in [-0.39, 0.29) is 5.91 Å². The molecule has 3 aromatic rings. The lowest BCUT2D eigenvalue weighted by molar-refractivity contribution is 0.0923. The Bertz CT molecular complexity index is 702. The van der Waals surface area contributed by atoms with Gasteiger partial charge in [-0.25, -0.2) is 0 Å². The molecule has 0 fully saturated rings. The summed E-state index contributed by atoms with van der Waals surface area (Å²) >= 11 is 0. The van der Waals surface area contributed by atoms with E-state index in [9.17, 15) is 4.79 Å². The molecule has 2 aromatic carbocycles. The molecular weight excluding hydrogens is 238 g/mol. The van der Waals surface area contributed by atoms with Crippen LogP contribution in [0.3, 0.4) is 0 Å². The third kappa shape index (κ3) is 2.50. The molecule has 0 aliphatic carbocycles. The van der Waals surface area contributed by atoms with Crippen molar-refractivity contribution in [2.24, 2.45) is 0 Å². The Kier molecular flexibility index (Phi) is 3.02. The van der Waals surface area contributed by atoms with Crippen LogP contribution >= 0.6 is 0 Å². The highest BCUT2D eigenvalue weighted by molar-refractivity contribution is 5.91. The van der Waals surface area contributed by atoms with Gasteiger partial charge in [0.1, 0.15) is 0 Å². The van der Waals surface area contributed by atoms with E-state index in [1.807, 2.05) is 18.2 Å². The SMILES string of the molecule is O=C(NCc1ccc2ccccc2c1)c1ccco1. The summed E-state index contributed by atoms with van der Waals surface area (Å²) in [4.78, 5) is 11.7. The first-order valence-electron chi connectivity index (χ1n) is 6.12. The summed E-state index contributed by atoms with van der Waals surface area (Å²) in [5.41, 5.74) is 1.07. The van der Waals surface area contributed by atoms with Crippen LogP contribution in [0.5, 0.6) is 0 Å². The van der Waals surface area contributed by atoms with Gasteiger partial charge in [0.2, 0.25) is 0 Å². The van der Waals surface area contributed by atoms with Gasteiger partial charge in [-0.05, 0) is 34.5 Å². The fraction of sp³-hybridized carbons (Fsp3) is 0.0625. The number of carbonyl (C=O) groups excluding carboxylic acids is 1. The smallest absolute Gasteiger partial charge is 0.287 e.